The predicted molar refractivity (Wildman–Crippen MR) is 90.5 cm³/mol. The summed E-state index contributed by atoms with van der Waals surface area (Å²) < 4.78 is 5.22. The number of hydrogen-bond donors (Lipinski definition) is 1. The summed E-state index contributed by atoms with van der Waals surface area (Å²) in [5.74, 6) is 2.41. The van der Waals surface area contributed by atoms with Crippen molar-refractivity contribution in [2.45, 2.75) is 19.2 Å². The lowest BCUT2D eigenvalue weighted by molar-refractivity contribution is 0.0245. The fourth-order valence-corrected chi connectivity index (χ4v) is 3.00. The Balaban J connectivity index is 1.93. The molecule has 2 aromatic rings. The quantitative estimate of drug-likeness (QED) is 0.570. The Morgan fingerprint density at radius 2 is 2.00 bits per heavy atom. The van der Waals surface area contributed by atoms with Crippen molar-refractivity contribution in [2.75, 3.05) is 19.8 Å². The maximum atomic E-state index is 10.1. The number of rotatable bonds is 9. The molecule has 1 atom stereocenters. The Kier molecular flexibility index (Phi) is 7.14. The number of aliphatic hydroxyl groups excluding tert-OH is 1. The van der Waals surface area contributed by atoms with Crippen molar-refractivity contribution in [3.8, 4) is 12.3 Å². The summed E-state index contributed by atoms with van der Waals surface area (Å²) in [5, 5.41) is 12.2. The van der Waals surface area contributed by atoms with Gasteiger partial charge in [0.15, 0.2) is 0 Å². The molecule has 1 aromatic heterocycles. The van der Waals surface area contributed by atoms with Crippen LogP contribution in [-0.4, -0.2) is 35.9 Å². The lowest BCUT2D eigenvalue weighted by Crippen LogP contribution is -2.34. The summed E-state index contributed by atoms with van der Waals surface area (Å²) >= 11 is 1.73. The van der Waals surface area contributed by atoms with Gasteiger partial charge >= 0.3 is 0 Å². The molecule has 1 N–H and O–H groups in total. The van der Waals surface area contributed by atoms with Crippen LogP contribution < -0.4 is 0 Å². The van der Waals surface area contributed by atoms with E-state index in [1.807, 2.05) is 24.3 Å². The molecule has 1 aromatic carbocycles. The molecule has 0 saturated carbocycles. The molecule has 2 rings (SSSR count). The smallest absolute Gasteiger partial charge is 0.107 e. The van der Waals surface area contributed by atoms with Gasteiger partial charge in [0.2, 0.25) is 0 Å². The molecule has 0 radical (unpaired) electrons. The first-order valence-corrected chi connectivity index (χ1v) is 8.14. The fourth-order valence-electron chi connectivity index (χ4n) is 2.25. The summed E-state index contributed by atoms with van der Waals surface area (Å²) in [6, 6.07) is 14.4. The Bertz CT molecular complexity index is 563. The number of benzene rings is 1. The number of hydrogen-bond acceptors (Lipinski definition) is 4. The van der Waals surface area contributed by atoms with E-state index in [1.54, 1.807) is 11.3 Å². The van der Waals surface area contributed by atoms with E-state index in [0.29, 0.717) is 6.54 Å². The molecular weight excluding hydrogens is 294 g/mol. The van der Waals surface area contributed by atoms with Gasteiger partial charge < -0.3 is 9.84 Å². The minimum Gasteiger partial charge on any atom is -0.389 e. The van der Waals surface area contributed by atoms with Crippen LogP contribution in [0.3, 0.4) is 0 Å². The molecule has 0 amide bonds. The molecular formula is C18H21NO2S. The van der Waals surface area contributed by atoms with Crippen LogP contribution >= 0.6 is 11.3 Å². The maximum absolute atomic E-state index is 10.1. The highest BCUT2D eigenvalue weighted by Crippen LogP contribution is 2.15. The van der Waals surface area contributed by atoms with Crippen molar-refractivity contribution in [1.29, 1.82) is 0 Å². The maximum Gasteiger partial charge on any atom is 0.107 e. The molecule has 0 saturated heterocycles. The van der Waals surface area contributed by atoms with Gasteiger partial charge in [-0.3, -0.25) is 4.90 Å². The van der Waals surface area contributed by atoms with E-state index in [0.717, 1.165) is 13.1 Å². The number of aliphatic hydroxyl groups is 1. The van der Waals surface area contributed by atoms with Crippen LogP contribution in [0.5, 0.6) is 0 Å². The van der Waals surface area contributed by atoms with E-state index in [9.17, 15) is 5.11 Å². The van der Waals surface area contributed by atoms with E-state index in [1.165, 1.54) is 10.4 Å². The van der Waals surface area contributed by atoms with Gasteiger partial charge in [-0.25, -0.2) is 0 Å². The first kappa shape index (κ1) is 16.7. The average Bonchev–Trinajstić information content (AvgIpc) is 3.01. The lowest BCUT2D eigenvalue weighted by Gasteiger charge is -2.24. The van der Waals surface area contributed by atoms with Crippen molar-refractivity contribution in [3.63, 3.8) is 0 Å². The first-order chi connectivity index (χ1) is 10.8. The SMILES string of the molecule is C#CCOCC(O)CN(Cc1ccccc1)Cc1cccs1. The molecule has 0 aliphatic rings. The van der Waals surface area contributed by atoms with Gasteiger partial charge in [0.1, 0.15) is 6.61 Å². The molecule has 3 nitrogen and oxygen atoms in total. The van der Waals surface area contributed by atoms with Crippen LogP contribution in [0, 0.1) is 12.3 Å². The van der Waals surface area contributed by atoms with Crippen LogP contribution in [-0.2, 0) is 17.8 Å². The van der Waals surface area contributed by atoms with Gasteiger partial charge in [-0.15, -0.1) is 17.8 Å². The standard InChI is InChI=1S/C18H21NO2S/c1-2-10-21-15-17(20)13-19(14-18-9-6-11-22-18)12-16-7-4-3-5-8-16/h1,3-9,11,17,20H,10,12-15H2. The summed E-state index contributed by atoms with van der Waals surface area (Å²) in [6.45, 7) is 2.67. The monoisotopic (exact) mass is 315 g/mol. The second kappa shape index (κ2) is 9.39. The Morgan fingerprint density at radius 3 is 2.68 bits per heavy atom. The molecule has 0 aliphatic heterocycles. The van der Waals surface area contributed by atoms with Crippen molar-refractivity contribution < 1.29 is 9.84 Å². The zero-order valence-electron chi connectivity index (χ0n) is 12.5. The van der Waals surface area contributed by atoms with E-state index in [4.69, 9.17) is 11.2 Å². The fraction of sp³-hybridized carbons (Fsp3) is 0.333. The molecule has 1 heterocycles. The van der Waals surface area contributed by atoms with Gasteiger partial charge in [-0.2, -0.15) is 0 Å². The molecule has 0 bridgehead atoms. The number of nitrogens with zero attached hydrogens (tertiary/aromatic N) is 1. The largest absolute Gasteiger partial charge is 0.389 e. The third-order valence-electron chi connectivity index (χ3n) is 3.17. The molecule has 1 unspecified atom stereocenters. The highest BCUT2D eigenvalue weighted by molar-refractivity contribution is 7.09. The number of thiophene rings is 1. The second-order valence-electron chi connectivity index (χ2n) is 5.11. The molecule has 0 fully saturated rings. The van der Waals surface area contributed by atoms with E-state index >= 15 is 0 Å². The van der Waals surface area contributed by atoms with E-state index in [-0.39, 0.29) is 13.2 Å². The van der Waals surface area contributed by atoms with Gasteiger partial charge in [0.05, 0.1) is 12.7 Å². The van der Waals surface area contributed by atoms with Crippen molar-refractivity contribution in [1.82, 2.24) is 4.90 Å². The second-order valence-corrected chi connectivity index (χ2v) is 6.14. The molecule has 22 heavy (non-hydrogen) atoms. The third kappa shape index (κ3) is 6.00. The van der Waals surface area contributed by atoms with Gasteiger partial charge in [0.25, 0.3) is 0 Å². The van der Waals surface area contributed by atoms with Crippen molar-refractivity contribution in [2.24, 2.45) is 0 Å². The number of terminal acetylenes is 1. The minimum absolute atomic E-state index is 0.237. The zero-order valence-corrected chi connectivity index (χ0v) is 13.3. The Morgan fingerprint density at radius 1 is 1.18 bits per heavy atom. The predicted octanol–water partition coefficient (Wildman–Crippen LogP) is 2.76. The molecule has 116 valence electrons. The molecule has 0 spiro atoms. The van der Waals surface area contributed by atoms with E-state index < -0.39 is 6.10 Å². The zero-order chi connectivity index (χ0) is 15.6. The van der Waals surface area contributed by atoms with Crippen molar-refractivity contribution in [3.05, 3.63) is 58.3 Å². The Labute approximate surface area is 136 Å². The van der Waals surface area contributed by atoms with Crippen LogP contribution in [0.1, 0.15) is 10.4 Å². The van der Waals surface area contributed by atoms with Gasteiger partial charge in [-0.05, 0) is 17.0 Å². The summed E-state index contributed by atoms with van der Waals surface area (Å²) in [4.78, 5) is 3.51. The third-order valence-corrected chi connectivity index (χ3v) is 4.03. The first-order valence-electron chi connectivity index (χ1n) is 7.26. The average molecular weight is 315 g/mol. The van der Waals surface area contributed by atoms with Crippen molar-refractivity contribution >= 4 is 11.3 Å². The normalized spacial score (nSPS) is 12.2. The van der Waals surface area contributed by atoms with Crippen LogP contribution in [0.15, 0.2) is 47.8 Å². The van der Waals surface area contributed by atoms with E-state index in [2.05, 4.69) is 34.4 Å². The topological polar surface area (TPSA) is 32.7 Å². The summed E-state index contributed by atoms with van der Waals surface area (Å²) in [5.41, 5.74) is 1.23. The molecule has 0 aliphatic carbocycles. The highest BCUT2D eigenvalue weighted by atomic mass is 32.1. The molecule has 4 heteroatoms. The lowest BCUT2D eigenvalue weighted by atomic mass is 10.2. The number of ether oxygens (including phenoxy) is 1. The van der Waals surface area contributed by atoms with Crippen LogP contribution in [0.2, 0.25) is 0 Å². The van der Waals surface area contributed by atoms with Crippen LogP contribution in [0.25, 0.3) is 0 Å². The minimum atomic E-state index is -0.544. The van der Waals surface area contributed by atoms with Gasteiger partial charge in [0, 0.05) is 24.5 Å². The van der Waals surface area contributed by atoms with Gasteiger partial charge in [-0.1, -0.05) is 42.3 Å². The summed E-state index contributed by atoms with van der Waals surface area (Å²) in [7, 11) is 0. The highest BCUT2D eigenvalue weighted by Gasteiger charge is 2.13. The summed E-state index contributed by atoms with van der Waals surface area (Å²) in [6.07, 6.45) is 4.60. The Hall–Kier alpha value is -1.64. The van der Waals surface area contributed by atoms with Crippen LogP contribution in [0.4, 0.5) is 0 Å².